The third-order valence-electron chi connectivity index (χ3n) is 4.36. The molecule has 1 aliphatic heterocycles. The van der Waals surface area contributed by atoms with E-state index in [0.717, 1.165) is 29.1 Å². The monoisotopic (exact) mass is 310 g/mol. The lowest BCUT2D eigenvalue weighted by Crippen LogP contribution is -2.49. The molecule has 0 radical (unpaired) electrons. The fourth-order valence-electron chi connectivity index (χ4n) is 2.52. The van der Waals surface area contributed by atoms with Crippen molar-refractivity contribution in [2.24, 2.45) is 0 Å². The summed E-state index contributed by atoms with van der Waals surface area (Å²) in [5, 5.41) is 10.1. The summed E-state index contributed by atoms with van der Waals surface area (Å²) in [6, 6.07) is 7.63. The number of aliphatic hydroxyl groups excluding tert-OH is 1. The highest BCUT2D eigenvalue weighted by Crippen LogP contribution is 2.30. The number of quaternary nitrogens is 1. The molecule has 2 rings (SSSR count). The van der Waals surface area contributed by atoms with Crippen molar-refractivity contribution in [3.8, 4) is 11.5 Å². The highest BCUT2D eigenvalue weighted by atomic mass is 16.6. The van der Waals surface area contributed by atoms with Crippen LogP contribution in [0.5, 0.6) is 11.5 Å². The molecule has 0 bridgehead atoms. The van der Waals surface area contributed by atoms with Crippen LogP contribution in [-0.2, 0) is 4.74 Å². The predicted molar refractivity (Wildman–Crippen MR) is 85.3 cm³/mol. The summed E-state index contributed by atoms with van der Waals surface area (Å²) < 4.78 is 17.9. The summed E-state index contributed by atoms with van der Waals surface area (Å²) in [7, 11) is 2.15. The van der Waals surface area contributed by atoms with Crippen LogP contribution >= 0.6 is 0 Å². The standard InChI is InChI=1S/C17H28NO4/c1-4-18(3,5-2)10-14(19)11-20-12-15-13-21-16-8-6-7-9-17(16)22-15/h6-9,14-15,19H,4-5,10-13H2,1-3H3/q+1/t14-,15-/m0/s1. The van der Waals surface area contributed by atoms with Gasteiger partial charge in [-0.1, -0.05) is 12.1 Å². The number of hydrogen-bond acceptors (Lipinski definition) is 4. The first kappa shape index (κ1) is 17.1. The molecule has 22 heavy (non-hydrogen) atoms. The smallest absolute Gasteiger partial charge is 0.161 e. The van der Waals surface area contributed by atoms with Gasteiger partial charge in [-0.3, -0.25) is 0 Å². The van der Waals surface area contributed by atoms with Gasteiger partial charge < -0.3 is 23.8 Å². The van der Waals surface area contributed by atoms with E-state index in [1.807, 2.05) is 24.3 Å². The lowest BCUT2D eigenvalue weighted by Gasteiger charge is -2.34. The van der Waals surface area contributed by atoms with E-state index in [-0.39, 0.29) is 6.10 Å². The Kier molecular flexibility index (Phi) is 6.06. The van der Waals surface area contributed by atoms with Crippen molar-refractivity contribution in [2.75, 3.05) is 46.5 Å². The van der Waals surface area contributed by atoms with E-state index in [9.17, 15) is 5.11 Å². The number of rotatable bonds is 8. The molecule has 0 fully saturated rings. The van der Waals surface area contributed by atoms with Crippen LogP contribution in [0.1, 0.15) is 13.8 Å². The van der Waals surface area contributed by atoms with Crippen LogP contribution in [-0.4, -0.2) is 68.3 Å². The van der Waals surface area contributed by atoms with Crippen LogP contribution < -0.4 is 9.47 Å². The van der Waals surface area contributed by atoms with E-state index in [1.54, 1.807) is 0 Å². The zero-order valence-electron chi connectivity index (χ0n) is 13.8. The number of para-hydroxylation sites is 2. The van der Waals surface area contributed by atoms with Gasteiger partial charge in [-0.2, -0.15) is 0 Å². The molecule has 0 saturated heterocycles. The van der Waals surface area contributed by atoms with E-state index in [0.29, 0.717) is 26.4 Å². The summed E-state index contributed by atoms with van der Waals surface area (Å²) in [6.45, 7) is 8.22. The van der Waals surface area contributed by atoms with Gasteiger partial charge in [0.2, 0.25) is 0 Å². The highest BCUT2D eigenvalue weighted by Gasteiger charge is 2.24. The van der Waals surface area contributed by atoms with Crippen molar-refractivity contribution in [3.05, 3.63) is 24.3 Å². The Bertz CT molecular complexity index is 462. The van der Waals surface area contributed by atoms with Crippen molar-refractivity contribution in [1.82, 2.24) is 0 Å². The maximum Gasteiger partial charge on any atom is 0.161 e. The van der Waals surface area contributed by atoms with E-state index < -0.39 is 6.10 Å². The zero-order chi connectivity index (χ0) is 16.0. The topological polar surface area (TPSA) is 47.9 Å². The normalized spacial score (nSPS) is 19.0. The Morgan fingerprint density at radius 3 is 2.64 bits per heavy atom. The van der Waals surface area contributed by atoms with Gasteiger partial charge in [-0.25, -0.2) is 0 Å². The van der Waals surface area contributed by atoms with E-state index >= 15 is 0 Å². The first-order valence-corrected chi connectivity index (χ1v) is 8.04. The third kappa shape index (κ3) is 4.60. The Morgan fingerprint density at radius 1 is 1.27 bits per heavy atom. The molecule has 0 aliphatic carbocycles. The molecular formula is C17H28NO4+. The van der Waals surface area contributed by atoms with Gasteiger partial charge in [0, 0.05) is 0 Å². The second-order valence-corrected chi connectivity index (χ2v) is 6.12. The molecule has 124 valence electrons. The van der Waals surface area contributed by atoms with Crippen LogP contribution in [0.15, 0.2) is 24.3 Å². The molecule has 5 nitrogen and oxygen atoms in total. The number of fused-ring (bicyclic) bond motifs is 1. The SMILES string of the molecule is CC[N+](C)(CC)C[C@H](O)COC[C@H]1COc2ccccc2O1. The molecule has 1 heterocycles. The Balaban J connectivity index is 1.71. The Hall–Kier alpha value is -1.30. The first-order valence-electron chi connectivity index (χ1n) is 8.04. The molecule has 1 aliphatic rings. The fraction of sp³-hybridized carbons (Fsp3) is 0.647. The van der Waals surface area contributed by atoms with Crippen LogP contribution in [0.3, 0.4) is 0 Å². The Morgan fingerprint density at radius 2 is 1.95 bits per heavy atom. The van der Waals surface area contributed by atoms with Crippen molar-refractivity contribution >= 4 is 0 Å². The summed E-state index contributed by atoms with van der Waals surface area (Å²) in [5.74, 6) is 1.53. The van der Waals surface area contributed by atoms with E-state index in [1.165, 1.54) is 0 Å². The summed E-state index contributed by atoms with van der Waals surface area (Å²) in [5.41, 5.74) is 0. The summed E-state index contributed by atoms with van der Waals surface area (Å²) in [4.78, 5) is 0. The van der Waals surface area contributed by atoms with Crippen LogP contribution in [0.2, 0.25) is 0 Å². The second kappa shape index (κ2) is 7.81. The number of aliphatic hydroxyl groups is 1. The molecule has 1 aromatic rings. The number of benzene rings is 1. The van der Waals surface area contributed by atoms with Gasteiger partial charge in [0.25, 0.3) is 0 Å². The predicted octanol–water partition coefficient (Wildman–Crippen LogP) is 1.69. The first-order chi connectivity index (χ1) is 10.6. The van der Waals surface area contributed by atoms with Crippen molar-refractivity contribution in [3.63, 3.8) is 0 Å². The number of likely N-dealkylation sites (N-methyl/N-ethyl adjacent to an activating group) is 1. The molecule has 2 atom stereocenters. The van der Waals surface area contributed by atoms with Gasteiger partial charge in [-0.15, -0.1) is 0 Å². The molecule has 1 aromatic carbocycles. The number of nitrogens with zero attached hydrogens (tertiary/aromatic N) is 1. The maximum absolute atomic E-state index is 10.1. The minimum Gasteiger partial charge on any atom is -0.486 e. The molecule has 0 unspecified atom stereocenters. The minimum atomic E-state index is -0.457. The third-order valence-corrected chi connectivity index (χ3v) is 4.36. The Labute approximate surface area is 133 Å². The van der Waals surface area contributed by atoms with Crippen LogP contribution in [0.4, 0.5) is 0 Å². The van der Waals surface area contributed by atoms with Gasteiger partial charge in [-0.05, 0) is 26.0 Å². The molecule has 0 aromatic heterocycles. The molecular weight excluding hydrogens is 282 g/mol. The van der Waals surface area contributed by atoms with Crippen molar-refractivity contribution < 1.29 is 23.8 Å². The molecule has 0 spiro atoms. The quantitative estimate of drug-likeness (QED) is 0.742. The molecule has 0 amide bonds. The lowest BCUT2D eigenvalue weighted by molar-refractivity contribution is -0.909. The van der Waals surface area contributed by atoms with Crippen LogP contribution in [0.25, 0.3) is 0 Å². The largest absolute Gasteiger partial charge is 0.486 e. The molecule has 0 saturated carbocycles. The average Bonchev–Trinajstić information content (AvgIpc) is 2.54. The maximum atomic E-state index is 10.1. The van der Waals surface area contributed by atoms with Gasteiger partial charge in [0.15, 0.2) is 17.6 Å². The molecule has 1 N–H and O–H groups in total. The van der Waals surface area contributed by atoms with Crippen LogP contribution in [0, 0.1) is 0 Å². The second-order valence-electron chi connectivity index (χ2n) is 6.12. The highest BCUT2D eigenvalue weighted by molar-refractivity contribution is 5.40. The zero-order valence-corrected chi connectivity index (χ0v) is 13.8. The van der Waals surface area contributed by atoms with Gasteiger partial charge in [0.05, 0.1) is 33.4 Å². The lowest BCUT2D eigenvalue weighted by atomic mass is 10.2. The number of hydrogen-bond donors (Lipinski definition) is 1. The molecule has 5 heteroatoms. The number of ether oxygens (including phenoxy) is 3. The minimum absolute atomic E-state index is 0.125. The van der Waals surface area contributed by atoms with E-state index in [4.69, 9.17) is 14.2 Å². The summed E-state index contributed by atoms with van der Waals surface area (Å²) in [6.07, 6.45) is -0.581. The summed E-state index contributed by atoms with van der Waals surface area (Å²) >= 11 is 0. The van der Waals surface area contributed by atoms with Gasteiger partial charge >= 0.3 is 0 Å². The van der Waals surface area contributed by atoms with Crippen molar-refractivity contribution in [2.45, 2.75) is 26.1 Å². The van der Waals surface area contributed by atoms with Crippen molar-refractivity contribution in [1.29, 1.82) is 0 Å². The fourth-order valence-corrected chi connectivity index (χ4v) is 2.52. The average molecular weight is 310 g/mol. The van der Waals surface area contributed by atoms with E-state index in [2.05, 4.69) is 20.9 Å². The van der Waals surface area contributed by atoms with Gasteiger partial charge in [0.1, 0.15) is 19.3 Å².